The Morgan fingerprint density at radius 2 is 1.64 bits per heavy atom. The second-order valence-electron chi connectivity index (χ2n) is 8.47. The molecule has 0 bridgehead atoms. The Kier molecular flexibility index (Phi) is 7.57. The fraction of sp³-hybridized carbons (Fsp3) is 0.480. The van der Waals surface area contributed by atoms with Crippen LogP contribution in [0.5, 0.6) is 17.2 Å². The van der Waals surface area contributed by atoms with Crippen LogP contribution in [0.3, 0.4) is 0 Å². The number of aliphatic hydroxyl groups is 1. The normalized spacial score (nSPS) is 18.5. The fourth-order valence-corrected chi connectivity index (χ4v) is 4.58. The Labute approximate surface area is 195 Å². The summed E-state index contributed by atoms with van der Waals surface area (Å²) in [5, 5.41) is 10.5. The summed E-state index contributed by atoms with van der Waals surface area (Å²) in [4.78, 5) is 19.1. The third kappa shape index (κ3) is 5.51. The lowest BCUT2D eigenvalue weighted by molar-refractivity contribution is 0.0502. The summed E-state index contributed by atoms with van der Waals surface area (Å²) in [7, 11) is 3.24. The number of rotatable bonds is 9. The van der Waals surface area contributed by atoms with Gasteiger partial charge in [-0.2, -0.15) is 0 Å². The fourth-order valence-electron chi connectivity index (χ4n) is 4.58. The van der Waals surface area contributed by atoms with Crippen LogP contribution in [0, 0.1) is 0 Å². The zero-order valence-electron chi connectivity index (χ0n) is 19.4. The molecule has 0 spiro atoms. The van der Waals surface area contributed by atoms with Crippen molar-refractivity contribution in [2.45, 2.75) is 25.0 Å². The number of piperidine rings is 1. The van der Waals surface area contributed by atoms with E-state index < -0.39 is 6.10 Å². The molecule has 1 unspecified atom stereocenters. The lowest BCUT2D eigenvalue weighted by Crippen LogP contribution is -2.48. The number of para-hydroxylation sites is 2. The van der Waals surface area contributed by atoms with E-state index in [9.17, 15) is 9.90 Å². The Bertz CT molecular complexity index is 915. The molecule has 2 aliphatic heterocycles. The highest BCUT2D eigenvalue weighted by molar-refractivity contribution is 5.94. The maximum Gasteiger partial charge on any atom is 0.324 e. The van der Waals surface area contributed by atoms with E-state index in [1.165, 1.54) is 0 Å². The molecule has 8 nitrogen and oxygen atoms in total. The smallest absolute Gasteiger partial charge is 0.324 e. The lowest BCUT2D eigenvalue weighted by atomic mass is 10.0. The highest BCUT2D eigenvalue weighted by Gasteiger charge is 2.36. The molecule has 4 rings (SSSR count). The van der Waals surface area contributed by atoms with Crippen molar-refractivity contribution in [1.29, 1.82) is 0 Å². The Balaban J connectivity index is 1.23. The van der Waals surface area contributed by atoms with Crippen molar-refractivity contribution >= 4 is 11.7 Å². The maximum absolute atomic E-state index is 13.0. The molecule has 33 heavy (non-hydrogen) atoms. The van der Waals surface area contributed by atoms with E-state index in [0.717, 1.165) is 43.9 Å². The zero-order valence-corrected chi connectivity index (χ0v) is 19.4. The number of ether oxygens (including phenoxy) is 3. The first-order valence-corrected chi connectivity index (χ1v) is 11.5. The minimum atomic E-state index is -0.592. The minimum Gasteiger partial charge on any atom is -0.497 e. The summed E-state index contributed by atoms with van der Waals surface area (Å²) < 4.78 is 16.2. The number of carbonyl (C=O) groups is 1. The quantitative estimate of drug-likeness (QED) is 0.627. The molecule has 2 amide bonds. The maximum atomic E-state index is 13.0. The van der Waals surface area contributed by atoms with Gasteiger partial charge < -0.3 is 29.1 Å². The summed E-state index contributed by atoms with van der Waals surface area (Å²) in [6.07, 6.45) is 1.22. The first-order chi connectivity index (χ1) is 16.1. The van der Waals surface area contributed by atoms with Crippen molar-refractivity contribution < 1.29 is 24.1 Å². The van der Waals surface area contributed by atoms with E-state index in [-0.39, 0.29) is 18.7 Å². The second kappa shape index (κ2) is 10.8. The van der Waals surface area contributed by atoms with Gasteiger partial charge in [-0.05, 0) is 49.2 Å². The van der Waals surface area contributed by atoms with Gasteiger partial charge in [0.05, 0.1) is 14.2 Å². The number of anilines is 1. The first-order valence-electron chi connectivity index (χ1n) is 11.5. The van der Waals surface area contributed by atoms with Crippen LogP contribution in [0.25, 0.3) is 0 Å². The monoisotopic (exact) mass is 455 g/mol. The molecular weight excluding hydrogens is 422 g/mol. The van der Waals surface area contributed by atoms with Gasteiger partial charge in [0.2, 0.25) is 0 Å². The number of likely N-dealkylation sites (tertiary alicyclic amines) is 1. The highest BCUT2D eigenvalue weighted by atomic mass is 16.5. The molecule has 2 aliphatic rings. The number of nitrogens with zero attached hydrogens (tertiary/aromatic N) is 3. The molecule has 2 saturated heterocycles. The van der Waals surface area contributed by atoms with Crippen LogP contribution in [-0.4, -0.2) is 86.6 Å². The van der Waals surface area contributed by atoms with Gasteiger partial charge in [0, 0.05) is 44.5 Å². The highest BCUT2D eigenvalue weighted by Crippen LogP contribution is 2.28. The molecule has 178 valence electrons. The Hall–Kier alpha value is -2.97. The van der Waals surface area contributed by atoms with Gasteiger partial charge in [0.15, 0.2) is 11.5 Å². The summed E-state index contributed by atoms with van der Waals surface area (Å²) in [5.74, 6) is 2.07. The zero-order chi connectivity index (χ0) is 23.2. The summed E-state index contributed by atoms with van der Waals surface area (Å²) in [6.45, 7) is 3.90. The van der Waals surface area contributed by atoms with E-state index in [0.29, 0.717) is 24.6 Å². The molecule has 2 aromatic rings. The average molecular weight is 456 g/mol. The molecule has 2 heterocycles. The van der Waals surface area contributed by atoms with Gasteiger partial charge in [0.1, 0.15) is 18.5 Å². The van der Waals surface area contributed by atoms with E-state index in [1.807, 2.05) is 58.3 Å². The van der Waals surface area contributed by atoms with Crippen LogP contribution >= 0.6 is 0 Å². The standard InChI is InChI=1S/C25H33N3O5/c1-31-22-9-7-19(8-10-22)27-15-16-28(25(27)30)20-11-13-26(14-12-20)17-21(29)18-33-24-6-4-3-5-23(24)32-2/h3-10,20-21,29H,11-18H2,1-2H3. The number of carbonyl (C=O) groups excluding carboxylic acids is 1. The number of urea groups is 1. The largest absolute Gasteiger partial charge is 0.497 e. The third-order valence-corrected chi connectivity index (χ3v) is 6.39. The molecule has 0 aliphatic carbocycles. The molecule has 1 atom stereocenters. The number of hydrogen-bond donors (Lipinski definition) is 1. The molecule has 2 aromatic carbocycles. The second-order valence-corrected chi connectivity index (χ2v) is 8.47. The Morgan fingerprint density at radius 1 is 0.939 bits per heavy atom. The number of amides is 2. The van der Waals surface area contributed by atoms with E-state index in [1.54, 1.807) is 14.2 Å². The minimum absolute atomic E-state index is 0.0730. The summed E-state index contributed by atoms with van der Waals surface area (Å²) >= 11 is 0. The van der Waals surface area contributed by atoms with Gasteiger partial charge in [0.25, 0.3) is 0 Å². The molecular formula is C25H33N3O5. The summed E-state index contributed by atoms with van der Waals surface area (Å²) in [6, 6.07) is 15.4. The van der Waals surface area contributed by atoms with Crippen LogP contribution in [0.2, 0.25) is 0 Å². The Morgan fingerprint density at radius 3 is 2.30 bits per heavy atom. The lowest BCUT2D eigenvalue weighted by Gasteiger charge is -2.37. The van der Waals surface area contributed by atoms with Crippen molar-refractivity contribution in [2.24, 2.45) is 0 Å². The van der Waals surface area contributed by atoms with Crippen LogP contribution < -0.4 is 19.1 Å². The molecule has 1 N–H and O–H groups in total. The van der Waals surface area contributed by atoms with E-state index in [4.69, 9.17) is 14.2 Å². The van der Waals surface area contributed by atoms with Crippen molar-refractivity contribution in [2.75, 3.05) is 58.5 Å². The molecule has 0 saturated carbocycles. The van der Waals surface area contributed by atoms with Gasteiger partial charge in [-0.3, -0.25) is 4.90 Å². The van der Waals surface area contributed by atoms with E-state index >= 15 is 0 Å². The molecule has 8 heteroatoms. The SMILES string of the molecule is COc1ccc(N2CCN(C3CCN(CC(O)COc4ccccc4OC)CC3)C2=O)cc1. The molecule has 0 radical (unpaired) electrons. The summed E-state index contributed by atoms with van der Waals surface area (Å²) in [5.41, 5.74) is 0.902. The molecule has 2 fully saturated rings. The average Bonchev–Trinajstić information content (AvgIpc) is 3.24. The van der Waals surface area contributed by atoms with Gasteiger partial charge >= 0.3 is 6.03 Å². The predicted octanol–water partition coefficient (Wildman–Crippen LogP) is 2.85. The van der Waals surface area contributed by atoms with Crippen LogP contribution in [-0.2, 0) is 0 Å². The number of β-amino-alcohol motifs (C(OH)–C–C–N with tert-alkyl or cyclic N) is 1. The first kappa shape index (κ1) is 23.2. The van der Waals surface area contributed by atoms with Gasteiger partial charge in [-0.15, -0.1) is 0 Å². The number of aliphatic hydroxyl groups excluding tert-OH is 1. The van der Waals surface area contributed by atoms with Crippen molar-refractivity contribution in [3.05, 3.63) is 48.5 Å². The predicted molar refractivity (Wildman–Crippen MR) is 126 cm³/mol. The van der Waals surface area contributed by atoms with Crippen LogP contribution in [0.1, 0.15) is 12.8 Å². The van der Waals surface area contributed by atoms with E-state index in [2.05, 4.69) is 4.90 Å². The number of methoxy groups -OCH3 is 2. The topological polar surface area (TPSA) is 74.7 Å². The van der Waals surface area contributed by atoms with Crippen molar-refractivity contribution in [3.63, 3.8) is 0 Å². The molecule has 0 aromatic heterocycles. The van der Waals surface area contributed by atoms with Gasteiger partial charge in [-0.25, -0.2) is 4.79 Å². The number of benzene rings is 2. The van der Waals surface area contributed by atoms with Gasteiger partial charge in [-0.1, -0.05) is 12.1 Å². The number of hydrogen-bond acceptors (Lipinski definition) is 6. The van der Waals surface area contributed by atoms with Crippen LogP contribution in [0.4, 0.5) is 10.5 Å². The van der Waals surface area contributed by atoms with Crippen molar-refractivity contribution in [1.82, 2.24) is 9.80 Å². The van der Waals surface area contributed by atoms with Crippen LogP contribution in [0.15, 0.2) is 48.5 Å². The third-order valence-electron chi connectivity index (χ3n) is 6.39. The van der Waals surface area contributed by atoms with Crippen molar-refractivity contribution in [3.8, 4) is 17.2 Å².